The van der Waals surface area contributed by atoms with Crippen molar-refractivity contribution in [1.82, 2.24) is 25.7 Å². The molecule has 0 saturated carbocycles. The number of hydrogen-bond donors (Lipinski definition) is 7. The molecule has 0 aliphatic carbocycles. The Balaban J connectivity index is 0.00000261. The Morgan fingerprint density at radius 1 is 0.823 bits per heavy atom. The minimum atomic E-state index is -4.48. The number of thioether (sulfide) groups is 1. The van der Waals surface area contributed by atoms with Crippen LogP contribution in [0.4, 0.5) is 5.82 Å². The Morgan fingerprint density at radius 3 is 1.89 bits per heavy atom. The third-order valence-corrected chi connectivity index (χ3v) is 13.0. The number of esters is 2. The van der Waals surface area contributed by atoms with E-state index in [1.165, 1.54) is 45.9 Å². The summed E-state index contributed by atoms with van der Waals surface area (Å²) in [4.78, 5) is 99.3. The third kappa shape index (κ3) is 19.5. The number of allylic oxidation sites excluding steroid dienone is 1. The summed E-state index contributed by atoms with van der Waals surface area (Å²) in [5.74, 6) is -5.50. The van der Waals surface area contributed by atoms with Gasteiger partial charge in [0.05, 0.1) is 45.3 Å². The van der Waals surface area contributed by atoms with Crippen molar-refractivity contribution in [3.63, 3.8) is 0 Å². The summed E-state index contributed by atoms with van der Waals surface area (Å²) >= 11 is 0.901. The van der Waals surface area contributed by atoms with E-state index >= 15 is 0 Å². The first-order chi connectivity index (χ1) is 36.7. The number of carbonyl (C=O) groups excluding carboxylic acids is 6. The number of carboxylic acid groups (broad SMARTS) is 1. The van der Waals surface area contributed by atoms with Gasteiger partial charge >= 0.3 is 17.9 Å². The van der Waals surface area contributed by atoms with E-state index in [-0.39, 0.29) is 119 Å². The van der Waals surface area contributed by atoms with Crippen molar-refractivity contribution in [2.75, 3.05) is 37.9 Å². The fourth-order valence-corrected chi connectivity index (χ4v) is 9.31. The smallest absolute Gasteiger partial charge is 0.335 e. The Bertz CT molecular complexity index is 3250. The van der Waals surface area contributed by atoms with Crippen LogP contribution in [0, 0.1) is 0 Å². The topological polar surface area (TPSA) is 343 Å². The third-order valence-electron chi connectivity index (χ3n) is 10.4. The minimum absolute atomic E-state index is 0. The predicted octanol–water partition coefficient (Wildman–Crippen LogP) is 4.51. The van der Waals surface area contributed by atoms with Crippen LogP contribution in [0.25, 0.3) is 22.8 Å². The average molecular weight is 1200 g/mol. The molecule has 79 heavy (non-hydrogen) atoms. The van der Waals surface area contributed by atoms with Crippen LogP contribution in [0.3, 0.4) is 0 Å². The van der Waals surface area contributed by atoms with Crippen LogP contribution in [-0.2, 0) is 77.9 Å². The molecule has 1 aliphatic heterocycles. The molecule has 3 amide bonds. The molecule has 0 bridgehead atoms. The summed E-state index contributed by atoms with van der Waals surface area (Å²) in [5, 5.41) is 19.8. The van der Waals surface area contributed by atoms with Crippen molar-refractivity contribution in [3.05, 3.63) is 131 Å². The van der Waals surface area contributed by atoms with Crippen molar-refractivity contribution in [1.29, 1.82) is 0 Å². The molecule has 3 aromatic carbocycles. The number of benzene rings is 3. The van der Waals surface area contributed by atoms with Gasteiger partial charge in [-0.2, -0.15) is 8.42 Å². The van der Waals surface area contributed by atoms with Gasteiger partial charge in [-0.15, -0.1) is 11.8 Å². The van der Waals surface area contributed by atoms with Crippen molar-refractivity contribution >= 4 is 97.3 Å². The predicted molar refractivity (Wildman–Crippen MR) is 291 cm³/mol. The molecule has 5 rings (SSSR count). The molecule has 4 aromatic rings. The molecule has 23 nitrogen and oxygen atoms in total. The SMILES string of the molecule is C=C(C)C(=O)OCC(COC(=O)C(=C)C)NC(C)C(=O)NC1=N/C(=C\c2[n-]c(NC(=O)C(C)Sc3cc(OC=O)cc(C(=O)O)c3)c(S(=O)(=O)NCC)c2-c2ccccc2)C(c2ccccc2)=C1C(=O)NCC.CS(=O)(=O)O.[Zn]. The van der Waals surface area contributed by atoms with Crippen LogP contribution < -0.4 is 35.7 Å². The van der Waals surface area contributed by atoms with Crippen LogP contribution in [0.2, 0.25) is 0 Å². The number of amides is 3. The average Bonchev–Trinajstić information content (AvgIpc) is 4.02. The summed E-state index contributed by atoms with van der Waals surface area (Å²) in [5.41, 5.74) is 1.06. The van der Waals surface area contributed by atoms with Crippen molar-refractivity contribution < 1.29 is 93.7 Å². The van der Waals surface area contributed by atoms with Crippen LogP contribution in [0.5, 0.6) is 5.75 Å². The molecule has 0 saturated heterocycles. The number of aromatic carboxylic acids is 1. The summed E-state index contributed by atoms with van der Waals surface area (Å²) < 4.78 is 72.5. The summed E-state index contributed by atoms with van der Waals surface area (Å²) in [6, 6.07) is 18.7. The maximum atomic E-state index is 14.3. The number of ether oxygens (including phenoxy) is 3. The van der Waals surface area contributed by atoms with E-state index < -0.39 is 78.0 Å². The van der Waals surface area contributed by atoms with Crippen LogP contribution >= 0.6 is 11.8 Å². The second kappa shape index (κ2) is 30.1. The summed E-state index contributed by atoms with van der Waals surface area (Å²) in [6.07, 6.45) is 2.14. The molecule has 1 aromatic heterocycles. The van der Waals surface area contributed by atoms with Crippen LogP contribution in [-0.4, -0.2) is 124 Å². The minimum Gasteiger partial charge on any atom is -0.478 e. The van der Waals surface area contributed by atoms with E-state index in [2.05, 4.69) is 39.1 Å². The van der Waals surface area contributed by atoms with E-state index in [4.69, 9.17) is 28.7 Å². The monoisotopic (exact) mass is 1200 g/mol. The molecule has 2 unspecified atom stereocenters. The second-order valence-corrected chi connectivity index (χ2v) is 21.5. The van der Waals surface area contributed by atoms with Gasteiger partial charge in [0.25, 0.3) is 22.5 Å². The molecule has 0 spiro atoms. The van der Waals surface area contributed by atoms with Crippen molar-refractivity contribution in [3.8, 4) is 16.9 Å². The number of carbonyl (C=O) groups is 7. The maximum Gasteiger partial charge on any atom is 0.335 e. The molecule has 418 valence electrons. The second-order valence-electron chi connectivity index (χ2n) is 16.9. The van der Waals surface area contributed by atoms with Crippen LogP contribution in [0.15, 0.2) is 129 Å². The largest absolute Gasteiger partial charge is 0.478 e. The molecule has 2 atom stereocenters. The van der Waals surface area contributed by atoms with E-state index in [1.807, 2.05) is 0 Å². The first-order valence-electron chi connectivity index (χ1n) is 23.4. The standard InChI is InChI=1S/C51H55N7O13S2.CH4O3S.Zn/c1-9-52-48(62)42-40(32-17-13-11-14-18-32)38(55-44(42)57-46(60)30(7)54-35(25-69-50(65)28(3)4)26-70-51(66)29(5)6)24-39-41(33-19-15-12-16-20-33)43(73(67,68)53-10-2)45(56-39)58-47(61)31(8)72-37-22-34(49(63)64)21-36(23-37)71-27-59;1-5(2,3)4;/h11-24,27,30-31,35,53-54H,3,5,9-10,25-26H2,1-2,4,6-8H3,(H5,52,55,56,57,58,60,61,62,63,64);1H3,(H,2,3,4);/p-1. The molecule has 2 heterocycles. The number of sulfonamides is 1. The van der Waals surface area contributed by atoms with Gasteiger partial charge in [0.2, 0.25) is 15.9 Å². The first kappa shape index (κ1) is 65.9. The number of likely N-dealkylation sites (N-methyl/N-ethyl adjacent to an activating group) is 1. The number of aromatic nitrogens is 1. The van der Waals surface area contributed by atoms with E-state index in [9.17, 15) is 55.5 Å². The quantitative estimate of drug-likeness (QED) is 0.0127. The Kier molecular flexibility index (Phi) is 25.1. The summed E-state index contributed by atoms with van der Waals surface area (Å²) in [7, 11) is -8.14. The first-order valence-corrected chi connectivity index (χ1v) is 27.7. The number of rotatable bonds is 24. The number of carboxylic acids is 1. The Morgan fingerprint density at radius 2 is 1.38 bits per heavy atom. The number of nitrogens with one attached hydrogen (secondary N) is 5. The van der Waals surface area contributed by atoms with E-state index in [0.717, 1.165) is 17.8 Å². The van der Waals surface area contributed by atoms with Crippen molar-refractivity contribution in [2.24, 2.45) is 4.99 Å². The number of anilines is 1. The van der Waals surface area contributed by atoms with Gasteiger partial charge in [0.15, 0.2) is 5.91 Å². The zero-order valence-corrected chi connectivity index (χ0v) is 49.5. The fraction of sp³-hybridized carbons (Fsp3) is 0.269. The van der Waals surface area contributed by atoms with Gasteiger partial charge in [-0.25, -0.2) is 32.5 Å². The number of nitrogens with zero attached hydrogens (tertiary/aromatic N) is 2. The molecule has 1 aliphatic rings. The van der Waals surface area contributed by atoms with Crippen LogP contribution in [0.1, 0.15) is 63.2 Å². The number of amidine groups is 1. The normalized spacial score (nSPS) is 13.3. The number of aliphatic imine (C=N–C) groups is 1. The van der Waals surface area contributed by atoms with Gasteiger partial charge in [0.1, 0.15) is 24.8 Å². The van der Waals surface area contributed by atoms with Gasteiger partial charge < -0.3 is 40.3 Å². The van der Waals surface area contributed by atoms with Gasteiger partial charge in [-0.05, 0) is 81.5 Å². The van der Waals surface area contributed by atoms with E-state index in [1.54, 1.807) is 74.5 Å². The molecular formula is C52H58N7O16S3Zn-. The fourth-order valence-electron chi connectivity index (χ4n) is 6.99. The zero-order chi connectivity index (χ0) is 58.1. The molecule has 0 fully saturated rings. The molecule has 27 heteroatoms. The Labute approximate surface area is 473 Å². The molecule has 7 N–H and O–H groups in total. The maximum absolute atomic E-state index is 14.3. The van der Waals surface area contributed by atoms with Gasteiger partial charge in [-0.1, -0.05) is 80.7 Å². The van der Waals surface area contributed by atoms with Gasteiger partial charge in [-0.3, -0.25) is 29.0 Å². The van der Waals surface area contributed by atoms with Gasteiger partial charge in [0, 0.05) is 59.7 Å². The number of hydrogen-bond acceptors (Lipinski definition) is 17. The molecular weight excluding hydrogens is 1140 g/mol. The van der Waals surface area contributed by atoms with Crippen molar-refractivity contribution in [2.45, 2.75) is 68.7 Å². The molecule has 0 radical (unpaired) electrons. The Hall–Kier alpha value is -7.39. The summed E-state index contributed by atoms with van der Waals surface area (Å²) in [6.45, 7) is 15.9. The zero-order valence-electron chi connectivity index (χ0n) is 44.1. The van der Waals surface area contributed by atoms with E-state index in [0.29, 0.717) is 17.4 Å².